The Morgan fingerprint density at radius 1 is 1.14 bits per heavy atom. The second-order valence-corrected chi connectivity index (χ2v) is 9.79. The van der Waals surface area contributed by atoms with Crippen LogP contribution < -0.4 is 9.46 Å². The van der Waals surface area contributed by atoms with Gasteiger partial charge in [-0.3, -0.25) is 14.2 Å². The number of oxazole rings is 1. The van der Waals surface area contributed by atoms with Gasteiger partial charge in [-0.1, -0.05) is 24.8 Å². The van der Waals surface area contributed by atoms with E-state index in [1.807, 2.05) is 44.2 Å². The molecule has 0 saturated heterocycles. The minimum atomic E-state index is -4.00. The van der Waals surface area contributed by atoms with E-state index in [4.69, 9.17) is 9.15 Å². The average Bonchev–Trinajstić information content (AvgIpc) is 3.45. The lowest BCUT2D eigenvalue weighted by atomic mass is 10.1. The lowest BCUT2D eigenvalue weighted by molar-refractivity contribution is 0.103. The molecule has 0 radical (unpaired) electrons. The highest BCUT2D eigenvalue weighted by molar-refractivity contribution is 7.92. The topological polar surface area (TPSA) is 116 Å². The first kappa shape index (κ1) is 24.9. The van der Waals surface area contributed by atoms with Crippen molar-refractivity contribution in [3.63, 3.8) is 0 Å². The van der Waals surface area contributed by atoms with Gasteiger partial charge in [-0.25, -0.2) is 13.4 Å². The number of nitrogens with one attached hydrogen (secondary N) is 1. The van der Waals surface area contributed by atoms with Crippen molar-refractivity contribution in [2.75, 3.05) is 4.72 Å². The van der Waals surface area contributed by atoms with Crippen molar-refractivity contribution >= 4 is 21.6 Å². The third-order valence-corrected chi connectivity index (χ3v) is 6.73. The van der Waals surface area contributed by atoms with Crippen LogP contribution in [0.25, 0.3) is 11.5 Å². The molecule has 0 fully saturated rings. The maximum Gasteiger partial charge on any atom is 0.263 e. The number of anilines is 1. The van der Waals surface area contributed by atoms with Crippen LogP contribution in [0.1, 0.15) is 35.7 Å². The van der Waals surface area contributed by atoms with E-state index in [0.29, 0.717) is 29.6 Å². The summed E-state index contributed by atoms with van der Waals surface area (Å²) in [6.45, 7) is 9.49. The lowest BCUT2D eigenvalue weighted by Gasteiger charge is -2.09. The largest absolute Gasteiger partial charge is 0.487 e. The highest BCUT2D eigenvalue weighted by Gasteiger charge is 2.23. The number of ketones is 1. The van der Waals surface area contributed by atoms with Crippen LogP contribution >= 0.6 is 0 Å². The molecule has 0 aliphatic heterocycles. The Bertz CT molecular complexity index is 1500. The molecule has 0 bridgehead atoms. The van der Waals surface area contributed by atoms with Crippen molar-refractivity contribution in [2.45, 2.75) is 38.8 Å². The molecule has 10 heteroatoms. The van der Waals surface area contributed by atoms with Crippen molar-refractivity contribution in [1.29, 1.82) is 0 Å². The van der Waals surface area contributed by atoms with Crippen LogP contribution in [0.15, 0.2) is 82.3 Å². The summed E-state index contributed by atoms with van der Waals surface area (Å²) in [6.07, 6.45) is 1.50. The van der Waals surface area contributed by atoms with Crippen molar-refractivity contribution in [3.05, 3.63) is 90.0 Å². The molecule has 0 unspecified atom stereocenters. The second kappa shape index (κ2) is 10.2. The molecular weight excluding hydrogens is 480 g/mol. The molecule has 186 valence electrons. The molecule has 2 aromatic heterocycles. The van der Waals surface area contributed by atoms with E-state index in [-0.39, 0.29) is 34.2 Å². The smallest absolute Gasteiger partial charge is 0.263 e. The summed E-state index contributed by atoms with van der Waals surface area (Å²) < 4.78 is 41.4. The van der Waals surface area contributed by atoms with Crippen LogP contribution in [0.2, 0.25) is 0 Å². The van der Waals surface area contributed by atoms with E-state index in [9.17, 15) is 13.2 Å². The highest BCUT2D eigenvalue weighted by Crippen LogP contribution is 2.25. The molecule has 0 spiro atoms. The van der Waals surface area contributed by atoms with Crippen LogP contribution in [0, 0.1) is 6.92 Å². The fourth-order valence-corrected chi connectivity index (χ4v) is 4.39. The minimum absolute atomic E-state index is 0.00129. The van der Waals surface area contributed by atoms with Gasteiger partial charge in [0.15, 0.2) is 11.6 Å². The third kappa shape index (κ3) is 5.38. The summed E-state index contributed by atoms with van der Waals surface area (Å²) in [4.78, 5) is 16.9. The molecule has 2 heterocycles. The van der Waals surface area contributed by atoms with Crippen LogP contribution in [-0.2, 0) is 23.2 Å². The zero-order chi connectivity index (χ0) is 25.9. The zero-order valence-corrected chi connectivity index (χ0v) is 21.0. The third-order valence-electron chi connectivity index (χ3n) is 5.37. The fraction of sp³-hybridized carbons (Fsp3) is 0.192. The second-order valence-electron chi connectivity index (χ2n) is 8.11. The van der Waals surface area contributed by atoms with Crippen molar-refractivity contribution in [2.24, 2.45) is 0 Å². The molecule has 9 nitrogen and oxygen atoms in total. The van der Waals surface area contributed by atoms with Crippen LogP contribution in [0.5, 0.6) is 5.75 Å². The Kier molecular flexibility index (Phi) is 7.07. The number of aromatic nitrogens is 3. The minimum Gasteiger partial charge on any atom is -0.487 e. The van der Waals surface area contributed by atoms with Gasteiger partial charge >= 0.3 is 0 Å². The molecule has 36 heavy (non-hydrogen) atoms. The van der Waals surface area contributed by atoms with Gasteiger partial charge in [0.05, 0.1) is 10.5 Å². The maximum absolute atomic E-state index is 13.0. The molecule has 0 saturated carbocycles. The molecule has 1 N–H and O–H groups in total. The maximum atomic E-state index is 13.0. The summed E-state index contributed by atoms with van der Waals surface area (Å²) in [7, 11) is -4.00. The Hall–Kier alpha value is -4.18. The number of hydrogen-bond donors (Lipinski definition) is 1. The highest BCUT2D eigenvalue weighted by atomic mass is 32.2. The summed E-state index contributed by atoms with van der Waals surface area (Å²) in [5, 5.41) is 4.18. The normalized spacial score (nSPS) is 11.3. The zero-order valence-electron chi connectivity index (χ0n) is 20.2. The fourth-order valence-electron chi connectivity index (χ4n) is 3.37. The number of ether oxygens (including phenoxy) is 1. The SMILES string of the molecule is C=C(C)C(=O)c1cn(CC)nc1NS(=O)(=O)c1ccc(OCc2nc(-c3ccccc3)oc2C)cc1. The monoisotopic (exact) mass is 506 g/mol. The number of carbonyl (C=O) groups is 1. The number of aryl methyl sites for hydroxylation is 2. The molecule has 0 aliphatic carbocycles. The molecule has 2 aromatic carbocycles. The van der Waals surface area contributed by atoms with E-state index in [2.05, 4.69) is 21.4 Å². The van der Waals surface area contributed by atoms with Crippen LogP contribution in [0.3, 0.4) is 0 Å². The molecule has 0 amide bonds. The van der Waals surface area contributed by atoms with Gasteiger partial charge in [0.25, 0.3) is 10.0 Å². The van der Waals surface area contributed by atoms with Crippen LogP contribution in [0.4, 0.5) is 5.82 Å². The lowest BCUT2D eigenvalue weighted by Crippen LogP contribution is -2.15. The van der Waals surface area contributed by atoms with Gasteiger partial charge in [0.1, 0.15) is 23.8 Å². The predicted octanol–water partition coefficient (Wildman–Crippen LogP) is 5.01. The van der Waals surface area contributed by atoms with Crippen LogP contribution in [-0.4, -0.2) is 29.0 Å². The van der Waals surface area contributed by atoms with E-state index in [1.165, 1.54) is 23.0 Å². The first-order valence-corrected chi connectivity index (χ1v) is 12.7. The number of hydrogen-bond acceptors (Lipinski definition) is 7. The summed E-state index contributed by atoms with van der Waals surface area (Å²) >= 11 is 0. The molecule has 4 rings (SSSR count). The quantitative estimate of drug-likeness (QED) is 0.237. The van der Waals surface area contributed by atoms with E-state index in [0.717, 1.165) is 5.56 Å². The Balaban J connectivity index is 1.46. The Morgan fingerprint density at radius 2 is 1.83 bits per heavy atom. The van der Waals surface area contributed by atoms with E-state index in [1.54, 1.807) is 19.1 Å². The molecule has 0 aliphatic rings. The van der Waals surface area contributed by atoms with Gasteiger partial charge in [-0.2, -0.15) is 5.10 Å². The molecular formula is C26H26N4O5S. The number of sulfonamides is 1. The number of carbonyl (C=O) groups excluding carboxylic acids is 1. The Morgan fingerprint density at radius 3 is 2.47 bits per heavy atom. The number of rotatable bonds is 10. The van der Waals surface area contributed by atoms with Gasteiger partial charge in [0, 0.05) is 18.3 Å². The number of benzene rings is 2. The molecule has 4 aromatic rings. The number of Topliss-reactive ketones (excluding diaryl/α,β-unsaturated/α-hetero) is 1. The summed E-state index contributed by atoms with van der Waals surface area (Å²) in [5.41, 5.74) is 1.94. The summed E-state index contributed by atoms with van der Waals surface area (Å²) in [6, 6.07) is 15.5. The van der Waals surface area contributed by atoms with E-state index >= 15 is 0 Å². The first-order chi connectivity index (χ1) is 17.2. The Labute approximate surface area is 209 Å². The first-order valence-electron chi connectivity index (χ1n) is 11.2. The van der Waals surface area contributed by atoms with Gasteiger partial charge < -0.3 is 9.15 Å². The van der Waals surface area contributed by atoms with E-state index < -0.39 is 10.0 Å². The predicted molar refractivity (Wildman–Crippen MR) is 135 cm³/mol. The van der Waals surface area contributed by atoms with Crippen molar-refractivity contribution in [3.8, 4) is 17.2 Å². The number of nitrogens with zero attached hydrogens (tertiary/aromatic N) is 3. The average molecular weight is 507 g/mol. The number of allylic oxidation sites excluding steroid dienone is 1. The van der Waals surface area contributed by atoms with Gasteiger partial charge in [0.2, 0.25) is 5.89 Å². The van der Waals surface area contributed by atoms with Crippen molar-refractivity contribution < 1.29 is 22.4 Å². The standard InChI is InChI=1S/C26H26N4O5S/c1-5-30-15-22(24(31)17(2)3)25(28-30)29-36(32,33)21-13-11-20(12-14-21)34-16-23-18(4)35-26(27-23)19-9-7-6-8-10-19/h6-15H,2,5,16H2,1,3-4H3,(H,28,29). The van der Waals surface area contributed by atoms with Crippen molar-refractivity contribution in [1.82, 2.24) is 14.8 Å². The van der Waals surface area contributed by atoms with Gasteiger partial charge in [-0.15, -0.1) is 0 Å². The van der Waals surface area contributed by atoms with Gasteiger partial charge in [-0.05, 0) is 62.7 Å². The molecule has 0 atom stereocenters. The summed E-state index contributed by atoms with van der Waals surface area (Å²) in [5.74, 6) is 1.19.